The second-order valence-electron chi connectivity index (χ2n) is 4.56. The second-order valence-corrected chi connectivity index (χ2v) is 7.56. The molecule has 19 heavy (non-hydrogen) atoms. The van der Waals surface area contributed by atoms with Gasteiger partial charge in [0.05, 0.1) is 10.9 Å². The fourth-order valence-electron chi connectivity index (χ4n) is 1.90. The molecule has 0 fully saturated rings. The van der Waals surface area contributed by atoms with Crippen LogP contribution in [-0.4, -0.2) is 8.42 Å². The predicted octanol–water partition coefficient (Wildman–Crippen LogP) is 3.40. The van der Waals surface area contributed by atoms with Crippen molar-refractivity contribution in [3.63, 3.8) is 0 Å². The summed E-state index contributed by atoms with van der Waals surface area (Å²) in [7, 11) is -3.47. The molecule has 0 aliphatic carbocycles. The predicted molar refractivity (Wildman–Crippen MR) is 79.0 cm³/mol. The van der Waals surface area contributed by atoms with Gasteiger partial charge in [-0.3, -0.25) is 0 Å². The van der Waals surface area contributed by atoms with Gasteiger partial charge in [0, 0.05) is 9.75 Å². The standard InChI is InChI=1S/C14H17NO2S2/c1-10-6-4-5-7-14(10)19(16,17)15-12(3)13-9-8-11(2)18-13/h4-9,12,15H,1-3H3. The molecule has 0 saturated carbocycles. The number of hydrogen-bond acceptors (Lipinski definition) is 3. The SMILES string of the molecule is Cc1ccc(C(C)NS(=O)(=O)c2ccccc2C)s1. The van der Waals surface area contributed by atoms with E-state index >= 15 is 0 Å². The maximum atomic E-state index is 12.3. The highest BCUT2D eigenvalue weighted by atomic mass is 32.2. The zero-order valence-electron chi connectivity index (χ0n) is 11.2. The van der Waals surface area contributed by atoms with E-state index in [9.17, 15) is 8.42 Å². The number of hydrogen-bond donors (Lipinski definition) is 1. The summed E-state index contributed by atoms with van der Waals surface area (Å²) in [6, 6.07) is 10.7. The van der Waals surface area contributed by atoms with Crippen LogP contribution in [0.5, 0.6) is 0 Å². The molecule has 1 unspecified atom stereocenters. The summed E-state index contributed by atoms with van der Waals surface area (Å²) in [5.74, 6) is 0. The van der Waals surface area contributed by atoms with E-state index in [0.717, 1.165) is 10.4 Å². The van der Waals surface area contributed by atoms with E-state index in [0.29, 0.717) is 4.90 Å². The molecule has 0 radical (unpaired) electrons. The van der Waals surface area contributed by atoms with Gasteiger partial charge >= 0.3 is 0 Å². The lowest BCUT2D eigenvalue weighted by Crippen LogP contribution is -2.26. The van der Waals surface area contributed by atoms with Crippen molar-refractivity contribution in [1.29, 1.82) is 0 Å². The van der Waals surface area contributed by atoms with Crippen molar-refractivity contribution in [2.45, 2.75) is 31.7 Å². The summed E-state index contributed by atoms with van der Waals surface area (Å²) in [4.78, 5) is 2.54. The van der Waals surface area contributed by atoms with Gasteiger partial charge < -0.3 is 0 Å². The first-order chi connectivity index (χ1) is 8.90. The normalized spacial score (nSPS) is 13.4. The van der Waals surface area contributed by atoms with Crippen LogP contribution in [0.25, 0.3) is 0 Å². The Morgan fingerprint density at radius 2 is 1.79 bits per heavy atom. The first-order valence-electron chi connectivity index (χ1n) is 6.04. The molecular formula is C14H17NO2S2. The van der Waals surface area contributed by atoms with Crippen LogP contribution in [0.4, 0.5) is 0 Å². The number of benzene rings is 1. The van der Waals surface area contributed by atoms with Crippen LogP contribution in [0.1, 0.15) is 28.3 Å². The van der Waals surface area contributed by atoms with Crippen LogP contribution in [0.3, 0.4) is 0 Å². The summed E-state index contributed by atoms with van der Waals surface area (Å²) in [5.41, 5.74) is 0.754. The highest BCUT2D eigenvalue weighted by Gasteiger charge is 2.20. The summed E-state index contributed by atoms with van der Waals surface area (Å²) in [5, 5.41) is 0. The molecule has 3 nitrogen and oxygen atoms in total. The number of rotatable bonds is 4. The zero-order valence-corrected chi connectivity index (χ0v) is 12.8. The Morgan fingerprint density at radius 1 is 1.11 bits per heavy atom. The number of thiophene rings is 1. The maximum Gasteiger partial charge on any atom is 0.241 e. The summed E-state index contributed by atoms with van der Waals surface area (Å²) in [6.45, 7) is 5.67. The molecule has 1 aromatic heterocycles. The summed E-state index contributed by atoms with van der Waals surface area (Å²) < 4.78 is 27.4. The molecule has 102 valence electrons. The van der Waals surface area contributed by atoms with Gasteiger partial charge in [0.15, 0.2) is 0 Å². The fourth-order valence-corrected chi connectivity index (χ4v) is 4.32. The molecule has 1 heterocycles. The van der Waals surface area contributed by atoms with Crippen molar-refractivity contribution < 1.29 is 8.42 Å². The largest absolute Gasteiger partial charge is 0.241 e. The Labute approximate surface area is 118 Å². The fraction of sp³-hybridized carbons (Fsp3) is 0.286. The smallest absolute Gasteiger partial charge is 0.207 e. The lowest BCUT2D eigenvalue weighted by Gasteiger charge is -2.14. The minimum Gasteiger partial charge on any atom is -0.207 e. The van der Waals surface area contributed by atoms with Crippen LogP contribution in [-0.2, 0) is 10.0 Å². The third-order valence-electron chi connectivity index (χ3n) is 2.90. The van der Waals surface area contributed by atoms with Crippen LogP contribution in [0, 0.1) is 13.8 Å². The van der Waals surface area contributed by atoms with E-state index in [1.165, 1.54) is 4.88 Å². The van der Waals surface area contributed by atoms with Gasteiger partial charge in [0.1, 0.15) is 0 Å². The lowest BCUT2D eigenvalue weighted by molar-refractivity contribution is 0.568. The molecule has 2 aromatic rings. The monoisotopic (exact) mass is 295 g/mol. The average molecular weight is 295 g/mol. The second kappa shape index (κ2) is 5.45. The van der Waals surface area contributed by atoms with Gasteiger partial charge in [-0.05, 0) is 44.5 Å². The third kappa shape index (κ3) is 3.23. The van der Waals surface area contributed by atoms with Gasteiger partial charge in [-0.25, -0.2) is 13.1 Å². The van der Waals surface area contributed by atoms with Gasteiger partial charge in [0.2, 0.25) is 10.0 Å². The molecule has 2 rings (SSSR count). The zero-order chi connectivity index (χ0) is 14.0. The van der Waals surface area contributed by atoms with Crippen LogP contribution >= 0.6 is 11.3 Å². The average Bonchev–Trinajstić information content (AvgIpc) is 2.76. The van der Waals surface area contributed by atoms with Crippen LogP contribution in [0.2, 0.25) is 0 Å². The van der Waals surface area contributed by atoms with Gasteiger partial charge in [0.25, 0.3) is 0 Å². The molecule has 0 amide bonds. The molecule has 0 aliphatic heterocycles. The Hall–Kier alpha value is -1.17. The Morgan fingerprint density at radius 3 is 2.37 bits per heavy atom. The Balaban J connectivity index is 2.25. The first-order valence-corrected chi connectivity index (χ1v) is 8.34. The van der Waals surface area contributed by atoms with E-state index in [1.807, 2.05) is 32.0 Å². The van der Waals surface area contributed by atoms with Crippen LogP contribution < -0.4 is 4.72 Å². The van der Waals surface area contributed by atoms with E-state index in [2.05, 4.69) is 4.72 Å². The molecule has 5 heteroatoms. The van der Waals surface area contributed by atoms with Crippen molar-refractivity contribution in [3.05, 3.63) is 51.7 Å². The molecule has 0 saturated heterocycles. The van der Waals surface area contributed by atoms with E-state index in [-0.39, 0.29) is 6.04 Å². The number of aryl methyl sites for hydroxylation is 2. The topological polar surface area (TPSA) is 46.2 Å². The molecule has 1 aromatic carbocycles. The van der Waals surface area contributed by atoms with Crippen molar-refractivity contribution in [1.82, 2.24) is 4.72 Å². The van der Waals surface area contributed by atoms with Gasteiger partial charge in [-0.15, -0.1) is 11.3 Å². The Bertz CT molecular complexity index is 674. The Kier molecular flexibility index (Phi) is 4.08. The molecular weight excluding hydrogens is 278 g/mol. The maximum absolute atomic E-state index is 12.3. The molecule has 1 atom stereocenters. The lowest BCUT2D eigenvalue weighted by atomic mass is 10.2. The third-order valence-corrected chi connectivity index (χ3v) is 5.79. The van der Waals surface area contributed by atoms with Gasteiger partial charge in [-0.2, -0.15) is 0 Å². The molecule has 0 spiro atoms. The minimum absolute atomic E-state index is 0.219. The molecule has 0 bridgehead atoms. The van der Waals surface area contributed by atoms with Crippen molar-refractivity contribution in [3.8, 4) is 0 Å². The van der Waals surface area contributed by atoms with Crippen molar-refractivity contribution in [2.75, 3.05) is 0 Å². The number of sulfonamides is 1. The summed E-state index contributed by atoms with van der Waals surface area (Å²) in [6.07, 6.45) is 0. The summed E-state index contributed by atoms with van der Waals surface area (Å²) >= 11 is 1.61. The highest BCUT2D eigenvalue weighted by Crippen LogP contribution is 2.24. The quantitative estimate of drug-likeness (QED) is 0.939. The van der Waals surface area contributed by atoms with Gasteiger partial charge in [-0.1, -0.05) is 18.2 Å². The van der Waals surface area contributed by atoms with E-state index in [1.54, 1.807) is 36.5 Å². The first kappa shape index (κ1) is 14.2. The number of nitrogens with one attached hydrogen (secondary N) is 1. The van der Waals surface area contributed by atoms with Crippen LogP contribution in [0.15, 0.2) is 41.3 Å². The van der Waals surface area contributed by atoms with E-state index in [4.69, 9.17) is 0 Å². The van der Waals surface area contributed by atoms with Crippen molar-refractivity contribution >= 4 is 21.4 Å². The van der Waals surface area contributed by atoms with E-state index < -0.39 is 10.0 Å². The highest BCUT2D eigenvalue weighted by molar-refractivity contribution is 7.89. The minimum atomic E-state index is -3.47. The van der Waals surface area contributed by atoms with Crippen molar-refractivity contribution in [2.24, 2.45) is 0 Å². The molecule has 0 aliphatic rings. The molecule has 1 N–H and O–H groups in total.